The fourth-order valence-corrected chi connectivity index (χ4v) is 2.16. The highest BCUT2D eigenvalue weighted by Gasteiger charge is 2.26. The van der Waals surface area contributed by atoms with Crippen LogP contribution in [0.15, 0.2) is 34.5 Å². The zero-order valence-corrected chi connectivity index (χ0v) is 13.4. The largest absolute Gasteiger partial charge is 0.465 e. The van der Waals surface area contributed by atoms with Crippen molar-refractivity contribution in [1.29, 1.82) is 0 Å². The molecule has 0 spiro atoms. The van der Waals surface area contributed by atoms with E-state index < -0.39 is 5.97 Å². The number of rotatable bonds is 6. The van der Waals surface area contributed by atoms with E-state index in [9.17, 15) is 14.4 Å². The summed E-state index contributed by atoms with van der Waals surface area (Å²) in [6.07, 6.45) is 2.02. The van der Waals surface area contributed by atoms with Gasteiger partial charge < -0.3 is 4.74 Å². The first-order chi connectivity index (χ1) is 11.5. The fourth-order valence-electron chi connectivity index (χ4n) is 2.16. The maximum Gasteiger partial charge on any atom is 0.337 e. The van der Waals surface area contributed by atoms with Crippen LogP contribution in [0.25, 0.3) is 0 Å². The second kappa shape index (κ2) is 8.00. The van der Waals surface area contributed by atoms with E-state index in [1.807, 2.05) is 0 Å². The lowest BCUT2D eigenvalue weighted by atomic mass is 9.99. The Morgan fingerprint density at radius 1 is 1.38 bits per heavy atom. The molecule has 0 radical (unpaired) electrons. The maximum atomic E-state index is 11.7. The zero-order valence-electron chi connectivity index (χ0n) is 13.4. The molecule has 126 valence electrons. The van der Waals surface area contributed by atoms with Gasteiger partial charge in [-0.05, 0) is 31.0 Å². The quantitative estimate of drug-likeness (QED) is 0.457. The molecule has 8 heteroatoms. The second-order valence-corrected chi connectivity index (χ2v) is 5.23. The number of hydrogen-bond donors (Lipinski definition) is 2. The van der Waals surface area contributed by atoms with Gasteiger partial charge in [-0.1, -0.05) is 12.1 Å². The van der Waals surface area contributed by atoms with Gasteiger partial charge in [0.2, 0.25) is 11.8 Å². The molecule has 0 unspecified atom stereocenters. The summed E-state index contributed by atoms with van der Waals surface area (Å²) in [6, 6.07) is 6.58. The number of carbonyl (C=O) groups excluding carboxylic acids is 3. The lowest BCUT2D eigenvalue weighted by Crippen LogP contribution is -2.25. The van der Waals surface area contributed by atoms with Crippen LogP contribution < -0.4 is 10.9 Å². The monoisotopic (exact) mass is 330 g/mol. The van der Waals surface area contributed by atoms with Gasteiger partial charge in [-0.25, -0.2) is 15.6 Å². The van der Waals surface area contributed by atoms with Gasteiger partial charge in [-0.2, -0.15) is 10.2 Å². The molecule has 1 aromatic rings. The smallest absolute Gasteiger partial charge is 0.337 e. The summed E-state index contributed by atoms with van der Waals surface area (Å²) >= 11 is 0. The third kappa shape index (κ3) is 4.48. The van der Waals surface area contributed by atoms with Crippen molar-refractivity contribution >= 4 is 29.7 Å². The molecule has 0 aliphatic carbocycles. The maximum absolute atomic E-state index is 11.7. The first kappa shape index (κ1) is 17.3. The highest BCUT2D eigenvalue weighted by molar-refractivity contribution is 6.07. The fraction of sp³-hybridized carbons (Fsp3) is 0.312. The average molecular weight is 330 g/mol. The van der Waals surface area contributed by atoms with Crippen LogP contribution in [0.2, 0.25) is 0 Å². The third-order valence-corrected chi connectivity index (χ3v) is 3.56. The Morgan fingerprint density at radius 3 is 2.67 bits per heavy atom. The summed E-state index contributed by atoms with van der Waals surface area (Å²) in [7, 11) is 1.32. The molecule has 2 rings (SSSR count). The van der Waals surface area contributed by atoms with E-state index in [4.69, 9.17) is 0 Å². The molecular formula is C16H18N4O4. The first-order valence-electron chi connectivity index (χ1n) is 7.35. The van der Waals surface area contributed by atoms with Crippen molar-refractivity contribution < 1.29 is 19.1 Å². The number of methoxy groups -OCH3 is 1. The topological polar surface area (TPSA) is 109 Å². The van der Waals surface area contributed by atoms with Gasteiger partial charge in [0.1, 0.15) is 0 Å². The van der Waals surface area contributed by atoms with Gasteiger partial charge >= 0.3 is 5.97 Å². The zero-order chi connectivity index (χ0) is 17.5. The number of nitrogens with one attached hydrogen (secondary N) is 2. The Hall–Kier alpha value is -3.03. The van der Waals surface area contributed by atoms with Crippen LogP contribution >= 0.6 is 0 Å². The van der Waals surface area contributed by atoms with Crippen molar-refractivity contribution in [3.63, 3.8) is 0 Å². The Bertz CT molecular complexity index is 695. The van der Waals surface area contributed by atoms with Gasteiger partial charge in [0.15, 0.2) is 0 Å². The Labute approximate surface area is 139 Å². The first-order valence-corrected chi connectivity index (χ1v) is 7.35. The van der Waals surface area contributed by atoms with E-state index >= 15 is 0 Å². The van der Waals surface area contributed by atoms with E-state index in [1.54, 1.807) is 31.2 Å². The van der Waals surface area contributed by atoms with Gasteiger partial charge in [-0.3, -0.25) is 9.59 Å². The van der Waals surface area contributed by atoms with E-state index in [0.29, 0.717) is 17.7 Å². The number of esters is 1. The number of amides is 2. The Morgan fingerprint density at radius 2 is 2.08 bits per heavy atom. The van der Waals surface area contributed by atoms with Crippen molar-refractivity contribution in [1.82, 2.24) is 10.9 Å². The Balaban J connectivity index is 1.79. The molecule has 1 aliphatic rings. The van der Waals surface area contributed by atoms with Crippen LogP contribution in [-0.2, 0) is 14.3 Å². The number of carbonyl (C=O) groups is 3. The van der Waals surface area contributed by atoms with E-state index in [2.05, 4.69) is 25.8 Å². The number of nitrogens with zero attached hydrogens (tertiary/aromatic N) is 2. The number of ether oxygens (including phenoxy) is 1. The van der Waals surface area contributed by atoms with E-state index in [1.165, 1.54) is 13.3 Å². The van der Waals surface area contributed by atoms with E-state index in [0.717, 1.165) is 5.56 Å². The number of hydrogen-bond acceptors (Lipinski definition) is 6. The molecule has 0 aromatic heterocycles. The molecule has 1 atom stereocenters. The van der Waals surface area contributed by atoms with Crippen molar-refractivity contribution in [2.75, 3.05) is 7.11 Å². The lowest BCUT2D eigenvalue weighted by Gasteiger charge is -2.06. The molecule has 1 aliphatic heterocycles. The van der Waals surface area contributed by atoms with Crippen molar-refractivity contribution in [3.8, 4) is 0 Å². The van der Waals surface area contributed by atoms with Crippen LogP contribution in [0, 0.1) is 5.92 Å². The van der Waals surface area contributed by atoms with Gasteiger partial charge in [-0.15, -0.1) is 0 Å². The van der Waals surface area contributed by atoms with Crippen LogP contribution in [0.4, 0.5) is 0 Å². The van der Waals surface area contributed by atoms with Gasteiger partial charge in [0, 0.05) is 12.1 Å². The van der Waals surface area contributed by atoms with Crippen molar-refractivity contribution in [2.45, 2.75) is 19.8 Å². The summed E-state index contributed by atoms with van der Waals surface area (Å²) in [5.41, 5.74) is 6.62. The number of benzene rings is 1. The highest BCUT2D eigenvalue weighted by atomic mass is 16.5. The highest BCUT2D eigenvalue weighted by Crippen LogP contribution is 2.13. The van der Waals surface area contributed by atoms with E-state index in [-0.39, 0.29) is 24.2 Å². The molecule has 1 heterocycles. The minimum atomic E-state index is -0.415. The minimum absolute atomic E-state index is 0.170. The van der Waals surface area contributed by atoms with Gasteiger partial charge in [0.25, 0.3) is 0 Å². The molecule has 0 saturated heterocycles. The third-order valence-electron chi connectivity index (χ3n) is 3.56. The van der Waals surface area contributed by atoms with Crippen LogP contribution in [0.1, 0.15) is 35.7 Å². The number of hydrazone groups is 2. The summed E-state index contributed by atoms with van der Waals surface area (Å²) in [4.78, 5) is 34.5. The SMILES string of the molecule is COC(=O)c1ccc(/C=N\NC(=O)CC[C@H]2C(=O)NN=C2C)cc1. The second-order valence-electron chi connectivity index (χ2n) is 5.23. The minimum Gasteiger partial charge on any atom is -0.465 e. The molecule has 2 N–H and O–H groups in total. The van der Waals surface area contributed by atoms with Crippen LogP contribution in [-0.4, -0.2) is 36.8 Å². The molecule has 8 nitrogen and oxygen atoms in total. The summed E-state index contributed by atoms with van der Waals surface area (Å²) in [5, 5.41) is 7.67. The summed E-state index contributed by atoms with van der Waals surface area (Å²) in [5.74, 6) is -1.24. The van der Waals surface area contributed by atoms with Crippen molar-refractivity contribution in [2.24, 2.45) is 16.1 Å². The molecule has 0 fully saturated rings. The summed E-state index contributed by atoms with van der Waals surface area (Å²) < 4.78 is 4.61. The lowest BCUT2D eigenvalue weighted by molar-refractivity contribution is -0.123. The van der Waals surface area contributed by atoms with Gasteiger partial charge in [0.05, 0.1) is 24.8 Å². The summed E-state index contributed by atoms with van der Waals surface area (Å²) in [6.45, 7) is 1.75. The van der Waals surface area contributed by atoms with Crippen molar-refractivity contribution in [3.05, 3.63) is 35.4 Å². The molecule has 0 saturated carbocycles. The molecule has 1 aromatic carbocycles. The molecule has 0 bridgehead atoms. The average Bonchev–Trinajstić information content (AvgIpc) is 2.91. The standard InChI is InChI=1S/C16H18N4O4/c1-10-13(15(22)20-18-10)7-8-14(21)19-17-9-11-3-5-12(6-4-11)16(23)24-2/h3-6,9,13H,7-8H2,1-2H3,(H,19,21)(H,20,22)/b17-9-/t13-/m1/s1. The molecular weight excluding hydrogens is 312 g/mol. The Kier molecular flexibility index (Phi) is 5.78. The predicted octanol–water partition coefficient (Wildman–Crippen LogP) is 0.825. The predicted molar refractivity (Wildman–Crippen MR) is 87.5 cm³/mol. The normalized spacial score (nSPS) is 16.7. The molecule has 24 heavy (non-hydrogen) atoms. The van der Waals surface area contributed by atoms with Crippen LogP contribution in [0.3, 0.4) is 0 Å². The molecule has 2 amide bonds. The van der Waals surface area contributed by atoms with Crippen LogP contribution in [0.5, 0.6) is 0 Å².